The Hall–Kier alpha value is -2.13. The van der Waals surface area contributed by atoms with Crippen molar-refractivity contribution in [1.29, 1.82) is 0 Å². The molecule has 0 unspecified atom stereocenters. The highest BCUT2D eigenvalue weighted by atomic mass is 16.1. The topological polar surface area (TPSA) is 41.1 Å². The van der Waals surface area contributed by atoms with E-state index in [0.29, 0.717) is 0 Å². The van der Waals surface area contributed by atoms with Crippen LogP contribution in [0.25, 0.3) is 0 Å². The highest BCUT2D eigenvalue weighted by molar-refractivity contribution is 5.93. The second-order valence-corrected chi connectivity index (χ2v) is 5.14. The highest BCUT2D eigenvalue weighted by Gasteiger charge is 2.33. The van der Waals surface area contributed by atoms with Crippen LogP contribution < -0.4 is 10.6 Å². The first-order valence-electron chi connectivity index (χ1n) is 6.96. The van der Waals surface area contributed by atoms with Crippen LogP contribution in [0.2, 0.25) is 0 Å². The second-order valence-electron chi connectivity index (χ2n) is 5.14. The minimum absolute atomic E-state index is 0.0161. The fourth-order valence-corrected chi connectivity index (χ4v) is 2.76. The number of amides is 1. The number of hydrogen-bond acceptors (Lipinski definition) is 2. The molecule has 1 amide bonds. The van der Waals surface area contributed by atoms with Crippen molar-refractivity contribution < 1.29 is 4.79 Å². The van der Waals surface area contributed by atoms with Gasteiger partial charge in [0.1, 0.15) is 0 Å². The summed E-state index contributed by atoms with van der Waals surface area (Å²) in [5.74, 6) is 0.326. The van der Waals surface area contributed by atoms with Crippen LogP contribution in [-0.4, -0.2) is 19.0 Å². The molecule has 1 heterocycles. The zero-order chi connectivity index (χ0) is 13.8. The van der Waals surface area contributed by atoms with E-state index in [4.69, 9.17) is 0 Å². The van der Waals surface area contributed by atoms with Crippen LogP contribution in [0, 0.1) is 5.92 Å². The van der Waals surface area contributed by atoms with Crippen LogP contribution in [0.15, 0.2) is 60.7 Å². The van der Waals surface area contributed by atoms with Gasteiger partial charge in [0, 0.05) is 24.7 Å². The Balaban J connectivity index is 1.74. The normalized spacial score (nSPS) is 21.6. The van der Waals surface area contributed by atoms with Crippen molar-refractivity contribution in [2.24, 2.45) is 5.92 Å². The first-order chi connectivity index (χ1) is 9.84. The van der Waals surface area contributed by atoms with Gasteiger partial charge in [-0.1, -0.05) is 48.5 Å². The first-order valence-corrected chi connectivity index (χ1v) is 6.96. The molecule has 102 valence electrons. The molecule has 3 heteroatoms. The molecular formula is C17H18N2O. The molecule has 3 rings (SSSR count). The van der Waals surface area contributed by atoms with Crippen LogP contribution in [0.3, 0.4) is 0 Å². The molecule has 3 nitrogen and oxygen atoms in total. The maximum atomic E-state index is 12.4. The molecule has 1 fully saturated rings. The lowest BCUT2D eigenvalue weighted by atomic mass is 9.88. The van der Waals surface area contributed by atoms with Crippen molar-refractivity contribution in [2.75, 3.05) is 18.4 Å². The number of rotatable bonds is 3. The minimum atomic E-state index is -0.0161. The number of carbonyl (C=O) groups excluding carboxylic acids is 1. The molecule has 2 N–H and O–H groups in total. The van der Waals surface area contributed by atoms with Crippen molar-refractivity contribution in [2.45, 2.75) is 5.92 Å². The van der Waals surface area contributed by atoms with Crippen molar-refractivity contribution >= 4 is 11.6 Å². The van der Waals surface area contributed by atoms with Crippen molar-refractivity contribution in [3.63, 3.8) is 0 Å². The Morgan fingerprint density at radius 1 is 0.950 bits per heavy atom. The van der Waals surface area contributed by atoms with Gasteiger partial charge in [0.2, 0.25) is 5.91 Å². The molecule has 0 radical (unpaired) electrons. The Kier molecular flexibility index (Phi) is 3.79. The van der Waals surface area contributed by atoms with E-state index in [1.165, 1.54) is 5.56 Å². The van der Waals surface area contributed by atoms with E-state index in [-0.39, 0.29) is 17.7 Å². The average Bonchev–Trinajstić information content (AvgIpc) is 2.99. The van der Waals surface area contributed by atoms with E-state index in [1.54, 1.807) is 0 Å². The summed E-state index contributed by atoms with van der Waals surface area (Å²) in [4.78, 5) is 12.4. The van der Waals surface area contributed by atoms with Gasteiger partial charge >= 0.3 is 0 Å². The lowest BCUT2D eigenvalue weighted by molar-refractivity contribution is -0.119. The van der Waals surface area contributed by atoms with Crippen molar-refractivity contribution in [3.8, 4) is 0 Å². The molecule has 0 aliphatic carbocycles. The van der Waals surface area contributed by atoms with Crippen LogP contribution >= 0.6 is 0 Å². The number of anilines is 1. The van der Waals surface area contributed by atoms with Crippen LogP contribution in [0.5, 0.6) is 0 Å². The van der Waals surface area contributed by atoms with E-state index < -0.39 is 0 Å². The molecule has 0 saturated carbocycles. The number of para-hydroxylation sites is 1. The summed E-state index contributed by atoms with van der Waals surface area (Å²) < 4.78 is 0. The first kappa shape index (κ1) is 12.9. The molecule has 1 aliphatic rings. The van der Waals surface area contributed by atoms with Gasteiger partial charge in [-0.3, -0.25) is 4.79 Å². The predicted molar refractivity (Wildman–Crippen MR) is 80.6 cm³/mol. The summed E-state index contributed by atoms with van der Waals surface area (Å²) >= 11 is 0. The highest BCUT2D eigenvalue weighted by Crippen LogP contribution is 2.28. The summed E-state index contributed by atoms with van der Waals surface area (Å²) in [6.45, 7) is 1.59. The zero-order valence-electron chi connectivity index (χ0n) is 11.3. The number of nitrogens with one attached hydrogen (secondary N) is 2. The molecule has 1 aliphatic heterocycles. The Labute approximate surface area is 119 Å². The van der Waals surface area contributed by atoms with Gasteiger partial charge in [0.05, 0.1) is 5.92 Å². The van der Waals surface area contributed by atoms with Gasteiger partial charge in [-0.2, -0.15) is 0 Å². The Morgan fingerprint density at radius 3 is 2.30 bits per heavy atom. The largest absolute Gasteiger partial charge is 0.326 e. The SMILES string of the molecule is O=C(Nc1ccccc1)[C@H]1CNC[C@@H]1c1ccccc1. The van der Waals surface area contributed by atoms with Gasteiger partial charge < -0.3 is 10.6 Å². The fraction of sp³-hybridized carbons (Fsp3) is 0.235. The summed E-state index contributed by atoms with van der Waals surface area (Å²) in [5, 5.41) is 6.33. The Morgan fingerprint density at radius 2 is 1.60 bits per heavy atom. The monoisotopic (exact) mass is 266 g/mol. The van der Waals surface area contributed by atoms with Gasteiger partial charge in [-0.15, -0.1) is 0 Å². The molecular weight excluding hydrogens is 248 g/mol. The third-order valence-electron chi connectivity index (χ3n) is 3.82. The molecule has 0 bridgehead atoms. The second kappa shape index (κ2) is 5.88. The van der Waals surface area contributed by atoms with E-state index in [0.717, 1.165) is 18.8 Å². The van der Waals surface area contributed by atoms with Crippen molar-refractivity contribution in [1.82, 2.24) is 5.32 Å². The average molecular weight is 266 g/mol. The third-order valence-corrected chi connectivity index (χ3v) is 3.82. The zero-order valence-corrected chi connectivity index (χ0v) is 11.3. The van der Waals surface area contributed by atoms with Gasteiger partial charge in [0.25, 0.3) is 0 Å². The summed E-state index contributed by atoms with van der Waals surface area (Å²) in [5.41, 5.74) is 2.09. The predicted octanol–water partition coefficient (Wildman–Crippen LogP) is 2.63. The molecule has 20 heavy (non-hydrogen) atoms. The van der Waals surface area contributed by atoms with Gasteiger partial charge in [-0.25, -0.2) is 0 Å². The van der Waals surface area contributed by atoms with Crippen molar-refractivity contribution in [3.05, 3.63) is 66.2 Å². The summed E-state index contributed by atoms with van der Waals surface area (Å²) in [6, 6.07) is 19.9. The number of benzene rings is 2. The van der Waals surface area contributed by atoms with Crippen LogP contribution in [0.1, 0.15) is 11.5 Å². The van der Waals surface area contributed by atoms with E-state index in [2.05, 4.69) is 22.8 Å². The molecule has 2 atom stereocenters. The van der Waals surface area contributed by atoms with E-state index >= 15 is 0 Å². The summed E-state index contributed by atoms with van der Waals surface area (Å²) in [6.07, 6.45) is 0. The molecule has 0 aromatic heterocycles. The standard InChI is InChI=1S/C17H18N2O/c20-17(19-14-9-5-2-6-10-14)16-12-18-11-15(16)13-7-3-1-4-8-13/h1-10,15-16,18H,11-12H2,(H,19,20)/t15-,16+/m1/s1. The van der Waals surface area contributed by atoms with Gasteiger partial charge in [0.15, 0.2) is 0 Å². The number of carbonyl (C=O) groups is 1. The van der Waals surface area contributed by atoms with Crippen LogP contribution in [0.4, 0.5) is 5.69 Å². The minimum Gasteiger partial charge on any atom is -0.326 e. The number of hydrogen-bond donors (Lipinski definition) is 2. The van der Waals surface area contributed by atoms with Gasteiger partial charge in [-0.05, 0) is 17.7 Å². The quantitative estimate of drug-likeness (QED) is 0.896. The van der Waals surface area contributed by atoms with E-state index in [9.17, 15) is 4.79 Å². The van der Waals surface area contributed by atoms with Crippen LogP contribution in [-0.2, 0) is 4.79 Å². The maximum absolute atomic E-state index is 12.4. The third kappa shape index (κ3) is 2.73. The lowest BCUT2D eigenvalue weighted by Crippen LogP contribution is -2.28. The lowest BCUT2D eigenvalue weighted by Gasteiger charge is -2.18. The molecule has 2 aromatic carbocycles. The summed E-state index contributed by atoms with van der Waals surface area (Å²) in [7, 11) is 0. The molecule has 2 aromatic rings. The molecule has 1 saturated heterocycles. The smallest absolute Gasteiger partial charge is 0.229 e. The van der Waals surface area contributed by atoms with E-state index in [1.807, 2.05) is 48.5 Å². The maximum Gasteiger partial charge on any atom is 0.229 e. The Bertz CT molecular complexity index is 568. The molecule has 0 spiro atoms. The fourth-order valence-electron chi connectivity index (χ4n) is 2.76.